The predicted octanol–water partition coefficient (Wildman–Crippen LogP) is 4.95. The van der Waals surface area contributed by atoms with Crippen molar-refractivity contribution in [1.82, 2.24) is 5.01 Å². The number of rotatable bonds is 3. The molecule has 1 saturated heterocycles. The molecule has 2 aromatic carbocycles. The molecule has 0 saturated carbocycles. The minimum atomic E-state index is 0. The summed E-state index contributed by atoms with van der Waals surface area (Å²) in [5.74, 6) is 7.91. The Hall–Kier alpha value is -1.26. The lowest BCUT2D eigenvalue weighted by Gasteiger charge is -2.39. The molecule has 2 heterocycles. The summed E-state index contributed by atoms with van der Waals surface area (Å²) in [6.07, 6.45) is 4.42. The zero-order chi connectivity index (χ0) is 17.4. The van der Waals surface area contributed by atoms with Gasteiger partial charge in [0.15, 0.2) is 0 Å². The fourth-order valence-electron chi connectivity index (χ4n) is 4.43. The third kappa shape index (κ3) is 3.86. The number of nitrogens with zero attached hydrogens (tertiary/aromatic N) is 1. The molecular formula is C21H26Cl2N2O. The van der Waals surface area contributed by atoms with E-state index >= 15 is 0 Å². The zero-order valence-corrected chi connectivity index (χ0v) is 16.6. The Bertz CT molecular complexity index is 753. The molecule has 2 aliphatic rings. The quantitative estimate of drug-likeness (QED) is 0.750. The van der Waals surface area contributed by atoms with Gasteiger partial charge in [-0.3, -0.25) is 5.84 Å². The van der Waals surface area contributed by atoms with Crippen molar-refractivity contribution >= 4 is 24.0 Å². The van der Waals surface area contributed by atoms with Crippen LogP contribution in [0.3, 0.4) is 0 Å². The van der Waals surface area contributed by atoms with Gasteiger partial charge in [0.05, 0.1) is 6.04 Å². The van der Waals surface area contributed by atoms with Gasteiger partial charge in [-0.05, 0) is 60.9 Å². The van der Waals surface area contributed by atoms with Gasteiger partial charge in [0.1, 0.15) is 11.9 Å². The molecule has 0 aliphatic carbocycles. The lowest BCUT2D eigenvalue weighted by Crippen LogP contribution is -2.44. The summed E-state index contributed by atoms with van der Waals surface area (Å²) in [5.41, 5.74) is 3.77. The van der Waals surface area contributed by atoms with Crippen LogP contribution in [0.1, 0.15) is 42.5 Å². The standard InChI is InChI=1S/C21H25ClN2O.ClH/c1-14-10-17-12-19(22)13-18(21(17)25-14)11-16-8-5-9-24(23)20(16)15-6-3-2-4-7-15;/h2-4,6-7,12-14,16,20H,5,8-11,23H2,1H3;1H/t14-,16-,20?;/m0./s1. The van der Waals surface area contributed by atoms with Crippen molar-refractivity contribution in [3.8, 4) is 5.75 Å². The van der Waals surface area contributed by atoms with Crippen LogP contribution in [0, 0.1) is 5.92 Å². The fourth-order valence-corrected chi connectivity index (χ4v) is 4.70. The minimum Gasteiger partial charge on any atom is -0.490 e. The van der Waals surface area contributed by atoms with Crippen LogP contribution in [0.4, 0.5) is 0 Å². The maximum Gasteiger partial charge on any atom is 0.126 e. The third-order valence-electron chi connectivity index (χ3n) is 5.45. The summed E-state index contributed by atoms with van der Waals surface area (Å²) in [7, 11) is 0. The van der Waals surface area contributed by atoms with Gasteiger partial charge in [0, 0.05) is 18.0 Å². The highest BCUT2D eigenvalue weighted by Crippen LogP contribution is 2.41. The summed E-state index contributed by atoms with van der Waals surface area (Å²) in [6.45, 7) is 3.06. The van der Waals surface area contributed by atoms with E-state index in [9.17, 15) is 0 Å². The van der Waals surface area contributed by atoms with E-state index in [1.54, 1.807) is 0 Å². The van der Waals surface area contributed by atoms with E-state index in [1.165, 1.54) is 23.1 Å². The van der Waals surface area contributed by atoms with Crippen molar-refractivity contribution in [2.75, 3.05) is 6.54 Å². The first kappa shape index (κ1) is 19.5. The van der Waals surface area contributed by atoms with E-state index in [-0.39, 0.29) is 24.6 Å². The Labute approximate surface area is 166 Å². The molecule has 26 heavy (non-hydrogen) atoms. The van der Waals surface area contributed by atoms with Crippen molar-refractivity contribution in [3.63, 3.8) is 0 Å². The number of fused-ring (bicyclic) bond motifs is 1. The largest absolute Gasteiger partial charge is 0.490 e. The lowest BCUT2D eigenvalue weighted by molar-refractivity contribution is 0.0921. The number of halogens is 2. The monoisotopic (exact) mass is 392 g/mol. The molecular weight excluding hydrogens is 367 g/mol. The summed E-state index contributed by atoms with van der Waals surface area (Å²) in [5, 5.41) is 2.82. The molecule has 5 heteroatoms. The van der Waals surface area contributed by atoms with E-state index in [1.807, 2.05) is 5.01 Å². The first-order chi connectivity index (χ1) is 12.1. The van der Waals surface area contributed by atoms with Gasteiger partial charge in [-0.15, -0.1) is 12.4 Å². The summed E-state index contributed by atoms with van der Waals surface area (Å²) in [6, 6.07) is 15.0. The lowest BCUT2D eigenvalue weighted by atomic mass is 9.81. The van der Waals surface area contributed by atoms with Crippen molar-refractivity contribution in [1.29, 1.82) is 0 Å². The van der Waals surface area contributed by atoms with Gasteiger partial charge >= 0.3 is 0 Å². The second-order valence-electron chi connectivity index (χ2n) is 7.39. The van der Waals surface area contributed by atoms with Crippen LogP contribution in [-0.4, -0.2) is 17.7 Å². The van der Waals surface area contributed by atoms with Crippen LogP contribution in [-0.2, 0) is 12.8 Å². The van der Waals surface area contributed by atoms with Crippen LogP contribution in [0.5, 0.6) is 5.75 Å². The molecule has 2 aliphatic heterocycles. The first-order valence-corrected chi connectivity index (χ1v) is 9.54. The van der Waals surface area contributed by atoms with Crippen molar-refractivity contribution in [2.45, 2.75) is 44.8 Å². The maximum absolute atomic E-state index is 6.40. The highest BCUT2D eigenvalue weighted by molar-refractivity contribution is 6.30. The normalized spacial score (nSPS) is 25.3. The predicted molar refractivity (Wildman–Crippen MR) is 109 cm³/mol. The molecule has 2 aromatic rings. The van der Waals surface area contributed by atoms with Gasteiger partial charge in [-0.1, -0.05) is 41.9 Å². The zero-order valence-electron chi connectivity index (χ0n) is 15.0. The second-order valence-corrected chi connectivity index (χ2v) is 7.82. The van der Waals surface area contributed by atoms with E-state index in [2.05, 4.69) is 49.4 Å². The number of hydrazine groups is 1. The molecule has 0 amide bonds. The maximum atomic E-state index is 6.40. The molecule has 1 unspecified atom stereocenters. The van der Waals surface area contributed by atoms with Crippen LogP contribution in [0.25, 0.3) is 0 Å². The van der Waals surface area contributed by atoms with Crippen molar-refractivity contribution in [3.05, 3.63) is 64.2 Å². The summed E-state index contributed by atoms with van der Waals surface area (Å²) in [4.78, 5) is 0. The first-order valence-electron chi connectivity index (χ1n) is 9.16. The minimum absolute atomic E-state index is 0. The molecule has 2 N–H and O–H groups in total. The smallest absolute Gasteiger partial charge is 0.126 e. The molecule has 0 bridgehead atoms. The number of benzene rings is 2. The molecule has 0 spiro atoms. The number of piperidine rings is 1. The molecule has 140 valence electrons. The number of hydrogen-bond acceptors (Lipinski definition) is 3. The molecule has 0 aromatic heterocycles. The Morgan fingerprint density at radius 2 is 2.00 bits per heavy atom. The average molecular weight is 393 g/mol. The molecule has 1 fully saturated rings. The Balaban J connectivity index is 0.00000196. The SMILES string of the molecule is C[C@H]1Cc2cc(Cl)cc(C[C@@H]3CCCN(N)C3c3ccccc3)c2O1.Cl. The molecule has 0 radical (unpaired) electrons. The van der Waals surface area contributed by atoms with Crippen LogP contribution in [0.15, 0.2) is 42.5 Å². The Morgan fingerprint density at radius 3 is 2.77 bits per heavy atom. The third-order valence-corrected chi connectivity index (χ3v) is 5.67. The molecule has 3 nitrogen and oxygen atoms in total. The highest BCUT2D eigenvalue weighted by atomic mass is 35.5. The van der Waals surface area contributed by atoms with Crippen molar-refractivity contribution < 1.29 is 4.74 Å². The summed E-state index contributed by atoms with van der Waals surface area (Å²) >= 11 is 6.39. The highest BCUT2D eigenvalue weighted by Gasteiger charge is 2.33. The summed E-state index contributed by atoms with van der Waals surface area (Å²) < 4.78 is 6.10. The van der Waals surface area contributed by atoms with Gasteiger partial charge in [-0.25, -0.2) is 5.01 Å². The Morgan fingerprint density at radius 1 is 1.23 bits per heavy atom. The fraction of sp³-hybridized carbons (Fsp3) is 0.429. The van der Waals surface area contributed by atoms with Crippen LogP contribution >= 0.6 is 24.0 Å². The van der Waals surface area contributed by atoms with E-state index in [0.717, 1.165) is 36.6 Å². The Kier molecular flexibility index (Phi) is 6.13. The second kappa shape index (κ2) is 8.18. The number of nitrogens with two attached hydrogens (primary N) is 1. The topological polar surface area (TPSA) is 38.5 Å². The number of hydrogen-bond donors (Lipinski definition) is 1. The van der Waals surface area contributed by atoms with Crippen LogP contribution < -0.4 is 10.6 Å². The van der Waals surface area contributed by atoms with Gasteiger partial charge in [-0.2, -0.15) is 0 Å². The van der Waals surface area contributed by atoms with E-state index in [4.69, 9.17) is 22.2 Å². The van der Waals surface area contributed by atoms with Gasteiger partial charge < -0.3 is 4.74 Å². The van der Waals surface area contributed by atoms with Gasteiger partial charge in [0.2, 0.25) is 0 Å². The number of ether oxygens (including phenoxy) is 1. The molecule has 4 rings (SSSR count). The van der Waals surface area contributed by atoms with E-state index in [0.29, 0.717) is 5.92 Å². The average Bonchev–Trinajstić information content (AvgIpc) is 2.96. The van der Waals surface area contributed by atoms with E-state index < -0.39 is 0 Å². The van der Waals surface area contributed by atoms with Crippen LogP contribution in [0.2, 0.25) is 5.02 Å². The van der Waals surface area contributed by atoms with Crippen molar-refractivity contribution in [2.24, 2.45) is 11.8 Å². The van der Waals surface area contributed by atoms with Gasteiger partial charge in [0.25, 0.3) is 0 Å². The molecule has 3 atom stereocenters.